The lowest BCUT2D eigenvalue weighted by Gasteiger charge is -2.24. The van der Waals surface area contributed by atoms with Gasteiger partial charge in [-0.15, -0.1) is 0 Å². The van der Waals surface area contributed by atoms with Gasteiger partial charge < -0.3 is 14.8 Å². The second-order valence-corrected chi connectivity index (χ2v) is 14.2. The summed E-state index contributed by atoms with van der Waals surface area (Å²) >= 11 is 1.60. The second kappa shape index (κ2) is 20.0. The Balaban J connectivity index is 2.68. The van der Waals surface area contributed by atoms with Gasteiger partial charge in [0.05, 0.1) is 6.42 Å². The average molecular weight is 592 g/mol. The first kappa shape index (κ1) is 37.0. The summed E-state index contributed by atoms with van der Waals surface area (Å²) in [6.45, 7) is 13.1. The molecule has 1 unspecified atom stereocenters. The predicted octanol–water partition coefficient (Wildman–Crippen LogP) is 8.50. The number of carbonyl (C=O) groups excluding carboxylic acids is 3. The van der Waals surface area contributed by atoms with Gasteiger partial charge in [-0.2, -0.15) is 11.8 Å². The number of nitrogens with one attached hydrogen (secondary N) is 1. The zero-order chi connectivity index (χ0) is 30.7. The molecule has 1 atom stereocenters. The molecule has 6 nitrogen and oxygen atoms in total. The number of aryl methyl sites for hydroxylation is 1. The fraction of sp³-hybridized carbons (Fsp3) is 0.735. The molecule has 0 aliphatic rings. The largest absolute Gasteiger partial charge is 0.460 e. The minimum absolute atomic E-state index is 0.108. The maximum Gasteiger partial charge on any atom is 0.325 e. The van der Waals surface area contributed by atoms with Gasteiger partial charge in [-0.1, -0.05) is 89.0 Å². The standard InChI is InChI=1S/C34H57NO5S/c1-8-9-10-11-12-13-14-15-16-17-20-27-21-18-19-22-28(27)29(25-31(37)39-33(2,3)4)41-24-23-30(36)35-26-32(38)40-34(5,6)7/h18-19,21-22,29H,8-17,20,23-26H2,1-7H3,(H,35,36). The number of ether oxygens (including phenoxy) is 2. The molecule has 1 aromatic carbocycles. The summed E-state index contributed by atoms with van der Waals surface area (Å²) in [5.74, 6) is -0.376. The highest BCUT2D eigenvalue weighted by Crippen LogP contribution is 2.36. The third-order valence-electron chi connectivity index (χ3n) is 6.47. The van der Waals surface area contributed by atoms with Crippen LogP contribution in [0.5, 0.6) is 0 Å². The fourth-order valence-corrected chi connectivity index (χ4v) is 5.85. The number of esters is 2. The molecule has 1 amide bonds. The highest BCUT2D eigenvalue weighted by Gasteiger charge is 2.24. The first-order valence-corrected chi connectivity index (χ1v) is 16.8. The van der Waals surface area contributed by atoms with Crippen molar-refractivity contribution in [2.75, 3.05) is 12.3 Å². The molecule has 1 aromatic rings. The highest BCUT2D eigenvalue weighted by atomic mass is 32.2. The molecule has 0 spiro atoms. The van der Waals surface area contributed by atoms with Gasteiger partial charge in [0.15, 0.2) is 0 Å². The Labute approximate surface area is 254 Å². The molecule has 0 saturated heterocycles. The third-order valence-corrected chi connectivity index (χ3v) is 7.73. The van der Waals surface area contributed by atoms with Crippen LogP contribution in [0, 0.1) is 0 Å². The summed E-state index contributed by atoms with van der Waals surface area (Å²) in [7, 11) is 0. The van der Waals surface area contributed by atoms with Crippen molar-refractivity contribution in [2.45, 2.75) is 148 Å². The molecule has 0 heterocycles. The van der Waals surface area contributed by atoms with E-state index in [1.165, 1.54) is 63.4 Å². The van der Waals surface area contributed by atoms with Gasteiger partial charge in [0.25, 0.3) is 0 Å². The number of amides is 1. The van der Waals surface area contributed by atoms with E-state index in [2.05, 4.69) is 30.4 Å². The minimum atomic E-state index is -0.589. The zero-order valence-electron chi connectivity index (χ0n) is 26.9. The summed E-state index contributed by atoms with van der Waals surface area (Å²) in [5.41, 5.74) is 1.27. The lowest BCUT2D eigenvalue weighted by atomic mass is 9.97. The van der Waals surface area contributed by atoms with Crippen LogP contribution < -0.4 is 5.32 Å². The van der Waals surface area contributed by atoms with Crippen molar-refractivity contribution < 1.29 is 23.9 Å². The molecule has 0 aliphatic heterocycles. The summed E-state index contributed by atoms with van der Waals surface area (Å²) in [5, 5.41) is 2.54. The molecule has 7 heteroatoms. The van der Waals surface area contributed by atoms with Crippen LogP contribution in [-0.2, 0) is 30.3 Å². The number of unbranched alkanes of at least 4 members (excludes halogenated alkanes) is 9. The molecule has 1 rings (SSSR count). The maximum absolute atomic E-state index is 12.8. The van der Waals surface area contributed by atoms with E-state index in [4.69, 9.17) is 9.47 Å². The van der Waals surface area contributed by atoms with Crippen molar-refractivity contribution in [3.63, 3.8) is 0 Å². The Morgan fingerprint density at radius 2 is 1.32 bits per heavy atom. The molecule has 234 valence electrons. The van der Waals surface area contributed by atoms with Gasteiger partial charge in [0.2, 0.25) is 5.91 Å². The van der Waals surface area contributed by atoms with Gasteiger partial charge in [0.1, 0.15) is 17.7 Å². The topological polar surface area (TPSA) is 81.7 Å². The van der Waals surface area contributed by atoms with Crippen LogP contribution in [0.2, 0.25) is 0 Å². The Bertz CT molecular complexity index is 903. The van der Waals surface area contributed by atoms with Crippen molar-refractivity contribution in [1.82, 2.24) is 5.32 Å². The normalized spacial score (nSPS) is 12.6. The highest BCUT2D eigenvalue weighted by molar-refractivity contribution is 7.99. The van der Waals surface area contributed by atoms with E-state index in [9.17, 15) is 14.4 Å². The molecule has 0 aliphatic carbocycles. The molecule has 0 fully saturated rings. The lowest BCUT2D eigenvalue weighted by molar-refractivity contribution is -0.155. The smallest absolute Gasteiger partial charge is 0.325 e. The summed E-state index contributed by atoms with van der Waals surface area (Å²) in [4.78, 5) is 37.1. The predicted molar refractivity (Wildman–Crippen MR) is 171 cm³/mol. The number of hydrogen-bond donors (Lipinski definition) is 1. The number of hydrogen-bond acceptors (Lipinski definition) is 6. The van der Waals surface area contributed by atoms with Crippen molar-refractivity contribution in [3.8, 4) is 0 Å². The van der Waals surface area contributed by atoms with E-state index < -0.39 is 17.2 Å². The number of benzene rings is 1. The fourth-order valence-electron chi connectivity index (χ4n) is 4.60. The SMILES string of the molecule is CCCCCCCCCCCCc1ccccc1C(CC(=O)OC(C)(C)C)SCCC(=O)NCC(=O)OC(C)(C)C. The number of carbonyl (C=O) groups is 3. The van der Waals surface area contributed by atoms with Crippen LogP contribution in [0.4, 0.5) is 0 Å². The van der Waals surface area contributed by atoms with E-state index in [0.717, 1.165) is 18.4 Å². The average Bonchev–Trinajstić information content (AvgIpc) is 2.86. The van der Waals surface area contributed by atoms with E-state index in [1.807, 2.05) is 26.8 Å². The summed E-state index contributed by atoms with van der Waals surface area (Å²) < 4.78 is 10.9. The van der Waals surface area contributed by atoms with Crippen LogP contribution in [0.1, 0.15) is 142 Å². The zero-order valence-corrected chi connectivity index (χ0v) is 27.8. The Morgan fingerprint density at radius 3 is 1.90 bits per heavy atom. The molecule has 0 bridgehead atoms. The molecular formula is C34H57NO5S. The van der Waals surface area contributed by atoms with Crippen molar-refractivity contribution >= 4 is 29.6 Å². The van der Waals surface area contributed by atoms with Crippen LogP contribution in [0.3, 0.4) is 0 Å². The Morgan fingerprint density at radius 1 is 0.780 bits per heavy atom. The van der Waals surface area contributed by atoms with E-state index in [-0.39, 0.29) is 36.5 Å². The first-order chi connectivity index (χ1) is 19.3. The Kier molecular flexibility index (Phi) is 18.0. The summed E-state index contributed by atoms with van der Waals surface area (Å²) in [6.07, 6.45) is 14.5. The van der Waals surface area contributed by atoms with Crippen molar-refractivity contribution in [2.24, 2.45) is 0 Å². The molecule has 0 saturated carbocycles. The van der Waals surface area contributed by atoms with E-state index in [0.29, 0.717) is 5.75 Å². The Hall–Kier alpha value is -2.02. The molecule has 41 heavy (non-hydrogen) atoms. The van der Waals surface area contributed by atoms with Gasteiger partial charge in [-0.25, -0.2) is 0 Å². The summed E-state index contributed by atoms with van der Waals surface area (Å²) in [6, 6.07) is 8.36. The van der Waals surface area contributed by atoms with Gasteiger partial charge >= 0.3 is 11.9 Å². The van der Waals surface area contributed by atoms with E-state index >= 15 is 0 Å². The van der Waals surface area contributed by atoms with Gasteiger partial charge in [-0.05, 0) is 65.5 Å². The van der Waals surface area contributed by atoms with E-state index in [1.54, 1.807) is 32.5 Å². The third kappa shape index (κ3) is 19.7. The van der Waals surface area contributed by atoms with Crippen LogP contribution in [0.25, 0.3) is 0 Å². The van der Waals surface area contributed by atoms with Crippen LogP contribution in [0.15, 0.2) is 24.3 Å². The maximum atomic E-state index is 12.8. The number of rotatable bonds is 20. The van der Waals surface area contributed by atoms with Crippen LogP contribution in [-0.4, -0.2) is 41.3 Å². The van der Waals surface area contributed by atoms with Crippen molar-refractivity contribution in [1.29, 1.82) is 0 Å². The molecular weight excluding hydrogens is 534 g/mol. The van der Waals surface area contributed by atoms with Crippen LogP contribution >= 0.6 is 11.8 Å². The van der Waals surface area contributed by atoms with Gasteiger partial charge in [0, 0.05) is 17.4 Å². The molecule has 1 N–H and O–H groups in total. The quantitative estimate of drug-likeness (QED) is 0.121. The minimum Gasteiger partial charge on any atom is -0.460 e. The first-order valence-electron chi connectivity index (χ1n) is 15.7. The number of thioether (sulfide) groups is 1. The molecule has 0 radical (unpaired) electrons. The molecule has 0 aromatic heterocycles. The van der Waals surface area contributed by atoms with Gasteiger partial charge in [-0.3, -0.25) is 14.4 Å². The monoisotopic (exact) mass is 591 g/mol. The lowest BCUT2D eigenvalue weighted by Crippen LogP contribution is -2.34. The van der Waals surface area contributed by atoms with Crippen molar-refractivity contribution in [3.05, 3.63) is 35.4 Å². The second-order valence-electron chi connectivity index (χ2n) is 12.9.